The number of likely N-dealkylation sites (tertiary alicyclic amines) is 1. The molecular weight excluding hydrogens is 288 g/mol. The number of carbonyl (C=O) groups is 2. The van der Waals surface area contributed by atoms with Crippen LogP contribution in [0.1, 0.15) is 38.5 Å². The van der Waals surface area contributed by atoms with Gasteiger partial charge in [0, 0.05) is 5.38 Å². The maximum absolute atomic E-state index is 14.1. The first-order valence-electron chi connectivity index (χ1n) is 7.28. The Labute approximate surface area is 121 Å². The third-order valence-corrected chi connectivity index (χ3v) is 5.30. The quantitative estimate of drug-likeness (QED) is 0.551. The molecule has 2 aliphatic carbocycles. The van der Waals surface area contributed by atoms with E-state index in [1.807, 2.05) is 0 Å². The molecule has 1 heterocycles. The molecule has 3 aliphatic rings. The maximum Gasteiger partial charge on any atom is 0.233 e. The summed E-state index contributed by atoms with van der Waals surface area (Å²) in [4.78, 5) is 25.8. The van der Waals surface area contributed by atoms with E-state index >= 15 is 0 Å². The highest BCUT2D eigenvalue weighted by molar-refractivity contribution is 6.20. The molecule has 0 spiro atoms. The first kappa shape index (κ1) is 14.2. The van der Waals surface area contributed by atoms with E-state index in [1.165, 1.54) is 0 Å². The van der Waals surface area contributed by atoms with Crippen molar-refractivity contribution in [3.05, 3.63) is 0 Å². The number of rotatable bonds is 1. The third kappa shape index (κ3) is 2.24. The molecule has 0 aromatic carbocycles. The first-order valence-corrected chi connectivity index (χ1v) is 7.71. The molecule has 20 heavy (non-hydrogen) atoms. The van der Waals surface area contributed by atoms with Crippen LogP contribution < -0.4 is 0 Å². The fourth-order valence-electron chi connectivity index (χ4n) is 3.82. The number of nitrogens with zero attached hydrogens (tertiary/aromatic N) is 1. The van der Waals surface area contributed by atoms with Gasteiger partial charge >= 0.3 is 0 Å². The number of hydrogen-bond acceptors (Lipinski definition) is 2. The van der Waals surface area contributed by atoms with Crippen molar-refractivity contribution in [1.29, 1.82) is 0 Å². The summed E-state index contributed by atoms with van der Waals surface area (Å²) in [6.45, 7) is 0. The Hall–Kier alpha value is -0.710. The van der Waals surface area contributed by atoms with E-state index in [4.69, 9.17) is 11.6 Å². The Bertz CT molecular complexity index is 433. The van der Waals surface area contributed by atoms with Gasteiger partial charge in [0.1, 0.15) is 12.3 Å². The van der Waals surface area contributed by atoms with Crippen molar-refractivity contribution in [3.8, 4) is 0 Å². The molecule has 0 radical (unpaired) electrons. The summed E-state index contributed by atoms with van der Waals surface area (Å²) >= 11 is 5.92. The first-order chi connectivity index (χ1) is 9.49. The van der Waals surface area contributed by atoms with Crippen molar-refractivity contribution in [3.63, 3.8) is 0 Å². The van der Waals surface area contributed by atoms with Gasteiger partial charge < -0.3 is 0 Å². The molecule has 1 aliphatic heterocycles. The van der Waals surface area contributed by atoms with Crippen molar-refractivity contribution in [1.82, 2.24) is 4.90 Å². The molecule has 2 saturated carbocycles. The van der Waals surface area contributed by atoms with Gasteiger partial charge in [-0.2, -0.15) is 0 Å². The Kier molecular flexibility index (Phi) is 3.73. The molecule has 3 nitrogen and oxygen atoms in total. The van der Waals surface area contributed by atoms with Gasteiger partial charge in [0.15, 0.2) is 0 Å². The van der Waals surface area contributed by atoms with Gasteiger partial charge in [-0.1, -0.05) is 0 Å². The Morgan fingerprint density at radius 3 is 2.35 bits per heavy atom. The number of imide groups is 1. The van der Waals surface area contributed by atoms with Gasteiger partial charge in [-0.15, -0.1) is 11.6 Å². The second-order valence-corrected chi connectivity index (χ2v) is 6.78. The summed E-state index contributed by atoms with van der Waals surface area (Å²) in [5, 5.41) is -0.230. The van der Waals surface area contributed by atoms with Crippen LogP contribution in [0.4, 0.5) is 8.78 Å². The normalized spacial score (nSPS) is 45.6. The predicted molar refractivity (Wildman–Crippen MR) is 69.8 cm³/mol. The Morgan fingerprint density at radius 1 is 0.950 bits per heavy atom. The van der Waals surface area contributed by atoms with Crippen LogP contribution in [0.5, 0.6) is 0 Å². The summed E-state index contributed by atoms with van der Waals surface area (Å²) in [7, 11) is 0. The molecule has 3 fully saturated rings. The van der Waals surface area contributed by atoms with Crippen molar-refractivity contribution < 1.29 is 18.4 Å². The fourth-order valence-corrected chi connectivity index (χ4v) is 4.12. The molecule has 0 N–H and O–H groups in total. The molecule has 2 amide bonds. The lowest BCUT2D eigenvalue weighted by Gasteiger charge is -2.34. The van der Waals surface area contributed by atoms with Crippen LogP contribution in [0, 0.1) is 11.8 Å². The Morgan fingerprint density at radius 2 is 1.65 bits per heavy atom. The monoisotopic (exact) mass is 305 g/mol. The largest absolute Gasteiger partial charge is 0.276 e. The SMILES string of the molecule is O=C1C2CCC(F)CC2C(=O)N1C1CCC(Cl)CC1F. The van der Waals surface area contributed by atoms with E-state index in [2.05, 4.69) is 0 Å². The van der Waals surface area contributed by atoms with E-state index in [0.717, 1.165) is 4.90 Å². The summed E-state index contributed by atoms with van der Waals surface area (Å²) in [6, 6.07) is -0.700. The molecule has 3 rings (SSSR count). The highest BCUT2D eigenvalue weighted by Crippen LogP contribution is 2.42. The second-order valence-electron chi connectivity index (χ2n) is 6.16. The molecule has 1 saturated heterocycles. The number of alkyl halides is 3. The molecule has 0 aromatic heterocycles. The maximum atomic E-state index is 14.1. The summed E-state index contributed by atoms with van der Waals surface area (Å²) < 4.78 is 27.6. The van der Waals surface area contributed by atoms with Crippen LogP contribution in [0.25, 0.3) is 0 Å². The number of carbonyl (C=O) groups excluding carboxylic acids is 2. The van der Waals surface area contributed by atoms with Gasteiger partial charge in [0.2, 0.25) is 11.8 Å². The zero-order chi connectivity index (χ0) is 14.4. The van der Waals surface area contributed by atoms with Crippen molar-refractivity contribution in [2.45, 2.75) is 62.3 Å². The van der Waals surface area contributed by atoms with Gasteiger partial charge in [-0.3, -0.25) is 14.5 Å². The molecule has 6 heteroatoms. The molecular formula is C14H18ClF2NO2. The third-order valence-electron chi connectivity index (χ3n) is 4.90. The van der Waals surface area contributed by atoms with Crippen molar-refractivity contribution >= 4 is 23.4 Å². The average Bonchev–Trinajstić information content (AvgIpc) is 2.63. The molecule has 6 atom stereocenters. The van der Waals surface area contributed by atoms with Crippen LogP contribution in [-0.4, -0.2) is 40.5 Å². The van der Waals surface area contributed by atoms with E-state index in [-0.39, 0.29) is 30.0 Å². The standard InChI is InChI=1S/C14H18ClF2NO2/c15-7-1-4-12(11(17)5-7)18-13(19)9-3-2-8(16)6-10(9)14(18)20/h7-12H,1-6H2. The van der Waals surface area contributed by atoms with E-state index in [1.54, 1.807) is 0 Å². The van der Waals surface area contributed by atoms with Gasteiger partial charge in [-0.05, 0) is 38.5 Å². The number of halogens is 3. The molecule has 112 valence electrons. The lowest BCUT2D eigenvalue weighted by molar-refractivity contribution is -0.145. The highest BCUT2D eigenvalue weighted by Gasteiger charge is 2.54. The van der Waals surface area contributed by atoms with Crippen LogP contribution in [0.3, 0.4) is 0 Å². The van der Waals surface area contributed by atoms with Crippen LogP contribution in [-0.2, 0) is 9.59 Å². The number of hydrogen-bond donors (Lipinski definition) is 0. The molecule has 0 aromatic rings. The van der Waals surface area contributed by atoms with Gasteiger partial charge in [-0.25, -0.2) is 8.78 Å². The van der Waals surface area contributed by atoms with Gasteiger partial charge in [0.25, 0.3) is 0 Å². The lowest BCUT2D eigenvalue weighted by atomic mass is 9.80. The lowest BCUT2D eigenvalue weighted by Crippen LogP contribution is -2.49. The fraction of sp³-hybridized carbons (Fsp3) is 0.857. The van der Waals surface area contributed by atoms with Crippen molar-refractivity contribution in [2.24, 2.45) is 11.8 Å². The number of amides is 2. The average molecular weight is 306 g/mol. The second kappa shape index (κ2) is 5.24. The Balaban J connectivity index is 1.80. The van der Waals surface area contributed by atoms with Gasteiger partial charge in [0.05, 0.1) is 17.9 Å². The van der Waals surface area contributed by atoms with E-state index < -0.39 is 30.2 Å². The topological polar surface area (TPSA) is 37.4 Å². The minimum Gasteiger partial charge on any atom is -0.276 e. The van der Waals surface area contributed by atoms with Crippen LogP contribution in [0.15, 0.2) is 0 Å². The summed E-state index contributed by atoms with van der Waals surface area (Å²) in [5.74, 6) is -1.68. The minimum atomic E-state index is -1.26. The van der Waals surface area contributed by atoms with E-state index in [0.29, 0.717) is 25.7 Å². The smallest absolute Gasteiger partial charge is 0.233 e. The number of fused-ring (bicyclic) bond motifs is 1. The zero-order valence-electron chi connectivity index (χ0n) is 11.1. The molecule has 6 unspecified atom stereocenters. The van der Waals surface area contributed by atoms with E-state index in [9.17, 15) is 18.4 Å². The minimum absolute atomic E-state index is 0.105. The summed E-state index contributed by atoms with van der Waals surface area (Å²) in [5.41, 5.74) is 0. The molecule has 0 bridgehead atoms. The van der Waals surface area contributed by atoms with Crippen LogP contribution >= 0.6 is 11.6 Å². The summed E-state index contributed by atoms with van der Waals surface area (Å²) in [6.07, 6.45) is -0.280. The predicted octanol–water partition coefficient (Wildman–Crippen LogP) is 2.61. The van der Waals surface area contributed by atoms with Crippen LogP contribution in [0.2, 0.25) is 0 Å². The highest BCUT2D eigenvalue weighted by atomic mass is 35.5. The van der Waals surface area contributed by atoms with Crippen molar-refractivity contribution in [2.75, 3.05) is 0 Å². The zero-order valence-corrected chi connectivity index (χ0v) is 11.9.